The van der Waals surface area contributed by atoms with Crippen molar-refractivity contribution in [2.75, 3.05) is 11.5 Å². The summed E-state index contributed by atoms with van der Waals surface area (Å²) < 4.78 is 22.5. The summed E-state index contributed by atoms with van der Waals surface area (Å²) in [5, 5.41) is 0. The van der Waals surface area contributed by atoms with E-state index in [9.17, 15) is 8.42 Å². The highest BCUT2D eigenvalue weighted by atomic mass is 32.2. The van der Waals surface area contributed by atoms with Crippen LogP contribution in [0.1, 0.15) is 33.1 Å². The van der Waals surface area contributed by atoms with Crippen LogP contribution in [0.25, 0.3) is 0 Å². The second kappa shape index (κ2) is 4.62. The maximum atomic E-state index is 11.3. The average Bonchev–Trinajstić information content (AvgIpc) is 2.00. The highest BCUT2D eigenvalue weighted by molar-refractivity contribution is 7.91. The Hall–Kier alpha value is -0.0900. The van der Waals surface area contributed by atoms with Crippen LogP contribution in [0.5, 0.6) is 0 Å². The highest BCUT2D eigenvalue weighted by Crippen LogP contribution is 2.24. The topological polar surface area (TPSA) is 60.2 Å². The summed E-state index contributed by atoms with van der Waals surface area (Å²) in [6.07, 6.45) is 2.99. The molecule has 0 aromatic heterocycles. The predicted octanol–water partition coefficient (Wildman–Crippen LogP) is 1.18. The summed E-state index contributed by atoms with van der Waals surface area (Å²) in [4.78, 5) is 0. The van der Waals surface area contributed by atoms with Crippen molar-refractivity contribution in [2.45, 2.75) is 39.2 Å². The molecule has 84 valence electrons. The van der Waals surface area contributed by atoms with Gasteiger partial charge in [0, 0.05) is 6.04 Å². The molecule has 0 saturated carbocycles. The molecular formula is C10H21NO2S. The number of hydrogen-bond acceptors (Lipinski definition) is 3. The monoisotopic (exact) mass is 219 g/mol. The molecule has 0 aliphatic carbocycles. The summed E-state index contributed by atoms with van der Waals surface area (Å²) in [6, 6.07) is -0.132. The van der Waals surface area contributed by atoms with Gasteiger partial charge in [-0.25, -0.2) is 8.42 Å². The van der Waals surface area contributed by atoms with Crippen molar-refractivity contribution in [1.82, 2.24) is 0 Å². The first-order valence-corrected chi connectivity index (χ1v) is 7.19. The van der Waals surface area contributed by atoms with E-state index in [1.807, 2.05) is 0 Å². The quantitative estimate of drug-likeness (QED) is 0.775. The van der Waals surface area contributed by atoms with Gasteiger partial charge in [-0.15, -0.1) is 0 Å². The molecule has 1 aliphatic heterocycles. The molecule has 4 heteroatoms. The second-order valence-corrected chi connectivity index (χ2v) is 7.03. The van der Waals surface area contributed by atoms with Gasteiger partial charge in [0.1, 0.15) is 0 Å². The maximum absolute atomic E-state index is 11.3. The van der Waals surface area contributed by atoms with Crippen molar-refractivity contribution in [3.05, 3.63) is 0 Å². The van der Waals surface area contributed by atoms with Gasteiger partial charge in [-0.3, -0.25) is 0 Å². The molecule has 1 saturated heterocycles. The van der Waals surface area contributed by atoms with Crippen molar-refractivity contribution in [2.24, 2.45) is 17.6 Å². The molecule has 3 nitrogen and oxygen atoms in total. The Labute approximate surface area is 87.0 Å². The van der Waals surface area contributed by atoms with E-state index in [2.05, 4.69) is 13.8 Å². The fraction of sp³-hybridized carbons (Fsp3) is 1.00. The Morgan fingerprint density at radius 1 is 1.43 bits per heavy atom. The van der Waals surface area contributed by atoms with E-state index < -0.39 is 9.84 Å². The molecule has 0 aromatic carbocycles. The zero-order valence-electron chi connectivity index (χ0n) is 9.07. The van der Waals surface area contributed by atoms with Crippen LogP contribution in [-0.4, -0.2) is 26.0 Å². The molecular weight excluding hydrogens is 198 g/mol. The molecule has 0 radical (unpaired) electrons. The van der Waals surface area contributed by atoms with Crippen LogP contribution in [-0.2, 0) is 9.84 Å². The van der Waals surface area contributed by atoms with Gasteiger partial charge in [0.15, 0.2) is 9.84 Å². The Bertz CT molecular complexity index is 272. The normalized spacial score (nSPS) is 32.0. The van der Waals surface area contributed by atoms with Crippen LogP contribution in [0, 0.1) is 11.8 Å². The summed E-state index contributed by atoms with van der Waals surface area (Å²) in [5.74, 6) is 1.63. The van der Waals surface area contributed by atoms with E-state index in [0.717, 1.165) is 19.3 Å². The third-order valence-electron chi connectivity index (χ3n) is 2.97. The van der Waals surface area contributed by atoms with Crippen molar-refractivity contribution in [3.63, 3.8) is 0 Å². The molecule has 0 amide bonds. The van der Waals surface area contributed by atoms with Crippen molar-refractivity contribution < 1.29 is 8.42 Å². The number of rotatable bonds is 3. The zero-order valence-corrected chi connectivity index (χ0v) is 9.89. The summed E-state index contributed by atoms with van der Waals surface area (Å²) >= 11 is 0. The molecule has 14 heavy (non-hydrogen) atoms. The van der Waals surface area contributed by atoms with Crippen LogP contribution < -0.4 is 5.73 Å². The molecule has 2 N–H and O–H groups in total. The first-order chi connectivity index (χ1) is 6.41. The van der Waals surface area contributed by atoms with Gasteiger partial charge in [-0.05, 0) is 24.7 Å². The van der Waals surface area contributed by atoms with Gasteiger partial charge in [0.05, 0.1) is 11.5 Å². The number of hydrogen-bond donors (Lipinski definition) is 1. The minimum absolute atomic E-state index is 0.132. The predicted molar refractivity (Wildman–Crippen MR) is 58.8 cm³/mol. The fourth-order valence-electron chi connectivity index (χ4n) is 1.96. The number of nitrogens with two attached hydrogens (primary N) is 1. The highest BCUT2D eigenvalue weighted by Gasteiger charge is 2.30. The van der Waals surface area contributed by atoms with Gasteiger partial charge in [-0.1, -0.05) is 20.3 Å². The molecule has 1 fully saturated rings. The average molecular weight is 219 g/mol. The van der Waals surface area contributed by atoms with Gasteiger partial charge >= 0.3 is 0 Å². The lowest BCUT2D eigenvalue weighted by atomic mass is 9.90. The molecule has 0 bridgehead atoms. The smallest absolute Gasteiger partial charge is 0.151 e. The van der Waals surface area contributed by atoms with Gasteiger partial charge < -0.3 is 5.73 Å². The zero-order chi connectivity index (χ0) is 10.8. The van der Waals surface area contributed by atoms with Crippen molar-refractivity contribution in [3.8, 4) is 0 Å². The minimum Gasteiger partial charge on any atom is -0.327 e. The Kier molecular flexibility index (Phi) is 3.95. The van der Waals surface area contributed by atoms with Crippen molar-refractivity contribution in [1.29, 1.82) is 0 Å². The summed E-state index contributed by atoms with van der Waals surface area (Å²) in [7, 11) is -2.83. The SMILES string of the molecule is CC(C)CCC1CCS(=O)(=O)CC1N. The second-order valence-electron chi connectivity index (χ2n) is 4.80. The molecule has 1 rings (SSSR count). The Morgan fingerprint density at radius 3 is 2.57 bits per heavy atom. The van der Waals surface area contributed by atoms with Gasteiger partial charge in [-0.2, -0.15) is 0 Å². The van der Waals surface area contributed by atoms with E-state index in [1.165, 1.54) is 0 Å². The standard InChI is InChI=1S/C10H21NO2S/c1-8(2)3-4-9-5-6-14(12,13)7-10(9)11/h8-10H,3-7,11H2,1-2H3. The molecule has 2 unspecified atom stereocenters. The largest absolute Gasteiger partial charge is 0.327 e. The van der Waals surface area contributed by atoms with E-state index in [-0.39, 0.29) is 11.8 Å². The molecule has 1 heterocycles. The third kappa shape index (κ3) is 3.58. The fourth-order valence-corrected chi connectivity index (χ4v) is 3.65. The van der Waals surface area contributed by atoms with E-state index >= 15 is 0 Å². The molecule has 1 aliphatic rings. The van der Waals surface area contributed by atoms with Crippen LogP contribution in [0.15, 0.2) is 0 Å². The van der Waals surface area contributed by atoms with E-state index in [4.69, 9.17) is 5.73 Å². The number of sulfone groups is 1. The lowest BCUT2D eigenvalue weighted by Gasteiger charge is -2.28. The maximum Gasteiger partial charge on any atom is 0.151 e. The van der Waals surface area contributed by atoms with Crippen LogP contribution in [0.2, 0.25) is 0 Å². The van der Waals surface area contributed by atoms with E-state index in [0.29, 0.717) is 17.6 Å². The Balaban J connectivity index is 2.42. The minimum atomic E-state index is -2.83. The van der Waals surface area contributed by atoms with E-state index in [1.54, 1.807) is 0 Å². The van der Waals surface area contributed by atoms with Gasteiger partial charge in [0.2, 0.25) is 0 Å². The molecule has 2 atom stereocenters. The Morgan fingerprint density at radius 2 is 2.07 bits per heavy atom. The molecule has 0 spiro atoms. The summed E-state index contributed by atoms with van der Waals surface area (Å²) in [6.45, 7) is 4.37. The first kappa shape index (κ1) is 12.0. The third-order valence-corrected chi connectivity index (χ3v) is 4.72. The van der Waals surface area contributed by atoms with Crippen LogP contribution in [0.3, 0.4) is 0 Å². The van der Waals surface area contributed by atoms with Crippen LogP contribution >= 0.6 is 0 Å². The lowest BCUT2D eigenvalue weighted by Crippen LogP contribution is -2.43. The first-order valence-electron chi connectivity index (χ1n) is 5.37. The van der Waals surface area contributed by atoms with Gasteiger partial charge in [0.25, 0.3) is 0 Å². The summed E-state index contributed by atoms with van der Waals surface area (Å²) in [5.41, 5.74) is 5.86. The van der Waals surface area contributed by atoms with Crippen LogP contribution in [0.4, 0.5) is 0 Å². The molecule has 0 aromatic rings. The lowest BCUT2D eigenvalue weighted by molar-refractivity contribution is 0.354. The van der Waals surface area contributed by atoms with Crippen molar-refractivity contribution >= 4 is 9.84 Å².